The molecule has 2 heteroatoms. The van der Waals surface area contributed by atoms with Gasteiger partial charge in [-0.3, -0.25) is 10.3 Å². The minimum absolute atomic E-state index is 0.118. The first-order valence-electron chi connectivity index (χ1n) is 4.97. The van der Waals surface area contributed by atoms with Crippen LogP contribution in [0.25, 0.3) is 0 Å². The van der Waals surface area contributed by atoms with Gasteiger partial charge in [0.1, 0.15) is 0 Å². The molecule has 14 heavy (non-hydrogen) atoms. The second kappa shape index (κ2) is 3.81. The minimum atomic E-state index is 0.118. The SMILES string of the molecule is C#CC(C)NC1CCc2cccnc21. The number of nitrogens with zero attached hydrogens (tertiary/aromatic N) is 1. The Hall–Kier alpha value is -1.33. The van der Waals surface area contributed by atoms with E-state index in [4.69, 9.17) is 6.42 Å². The first kappa shape index (κ1) is 9.23. The van der Waals surface area contributed by atoms with Crippen molar-refractivity contribution in [2.75, 3.05) is 0 Å². The third-order valence-corrected chi connectivity index (χ3v) is 2.66. The van der Waals surface area contributed by atoms with Crippen molar-refractivity contribution in [3.8, 4) is 12.3 Å². The van der Waals surface area contributed by atoms with Crippen molar-refractivity contribution in [3.05, 3.63) is 29.6 Å². The Morgan fingerprint density at radius 3 is 3.36 bits per heavy atom. The molecule has 1 aromatic rings. The van der Waals surface area contributed by atoms with Gasteiger partial charge in [-0.2, -0.15) is 0 Å². The fourth-order valence-electron chi connectivity index (χ4n) is 1.92. The molecule has 0 bridgehead atoms. The van der Waals surface area contributed by atoms with Gasteiger partial charge in [-0.05, 0) is 31.4 Å². The van der Waals surface area contributed by atoms with E-state index in [1.54, 1.807) is 0 Å². The molecule has 1 N–H and O–H groups in total. The predicted molar refractivity (Wildman–Crippen MR) is 56.7 cm³/mol. The summed E-state index contributed by atoms with van der Waals surface area (Å²) in [7, 11) is 0. The number of hydrogen-bond donors (Lipinski definition) is 1. The summed E-state index contributed by atoms with van der Waals surface area (Å²) in [4.78, 5) is 4.40. The third kappa shape index (κ3) is 1.64. The standard InChI is InChI=1S/C12H14N2/c1-3-9(2)14-11-7-6-10-5-4-8-13-12(10)11/h1,4-5,8-9,11,14H,6-7H2,2H3. The molecule has 1 aliphatic carbocycles. The molecule has 1 aliphatic rings. The van der Waals surface area contributed by atoms with Crippen LogP contribution in [0.3, 0.4) is 0 Å². The van der Waals surface area contributed by atoms with Crippen LogP contribution in [0.2, 0.25) is 0 Å². The molecule has 2 atom stereocenters. The topological polar surface area (TPSA) is 24.9 Å². The molecule has 1 heterocycles. The first-order valence-corrected chi connectivity index (χ1v) is 4.97. The van der Waals surface area contributed by atoms with E-state index < -0.39 is 0 Å². The summed E-state index contributed by atoms with van der Waals surface area (Å²) in [6, 6.07) is 4.60. The molecule has 2 nitrogen and oxygen atoms in total. The maximum Gasteiger partial charge on any atom is 0.0663 e. The zero-order valence-electron chi connectivity index (χ0n) is 8.33. The molecule has 2 rings (SSSR count). The van der Waals surface area contributed by atoms with Crippen molar-refractivity contribution < 1.29 is 0 Å². The monoisotopic (exact) mass is 186 g/mol. The molecule has 0 spiro atoms. The number of terminal acetylenes is 1. The summed E-state index contributed by atoms with van der Waals surface area (Å²) in [5, 5.41) is 3.39. The highest BCUT2D eigenvalue weighted by molar-refractivity contribution is 5.28. The maximum absolute atomic E-state index is 5.34. The Balaban J connectivity index is 2.15. The number of fused-ring (bicyclic) bond motifs is 1. The molecule has 0 aliphatic heterocycles. The van der Waals surface area contributed by atoms with Crippen LogP contribution in [0.4, 0.5) is 0 Å². The lowest BCUT2D eigenvalue weighted by Gasteiger charge is -2.15. The highest BCUT2D eigenvalue weighted by atomic mass is 15.0. The van der Waals surface area contributed by atoms with Gasteiger partial charge in [-0.1, -0.05) is 12.0 Å². The van der Waals surface area contributed by atoms with Crippen molar-refractivity contribution >= 4 is 0 Å². The smallest absolute Gasteiger partial charge is 0.0663 e. The van der Waals surface area contributed by atoms with Gasteiger partial charge in [-0.25, -0.2) is 0 Å². The Morgan fingerprint density at radius 2 is 2.57 bits per heavy atom. The summed E-state index contributed by atoms with van der Waals surface area (Å²) < 4.78 is 0. The molecule has 1 aromatic heterocycles. The van der Waals surface area contributed by atoms with E-state index in [2.05, 4.69) is 22.3 Å². The lowest BCUT2D eigenvalue weighted by atomic mass is 10.2. The number of pyridine rings is 1. The Labute approximate surface area is 84.7 Å². The average molecular weight is 186 g/mol. The molecule has 0 aromatic carbocycles. The van der Waals surface area contributed by atoms with Gasteiger partial charge in [0, 0.05) is 6.20 Å². The van der Waals surface area contributed by atoms with Crippen LogP contribution in [0.15, 0.2) is 18.3 Å². The molecule has 0 radical (unpaired) electrons. The van der Waals surface area contributed by atoms with E-state index in [0.29, 0.717) is 6.04 Å². The predicted octanol–water partition coefficient (Wildman–Crippen LogP) is 1.68. The minimum Gasteiger partial charge on any atom is -0.295 e. The number of hydrogen-bond acceptors (Lipinski definition) is 2. The number of aromatic nitrogens is 1. The van der Waals surface area contributed by atoms with Crippen LogP contribution < -0.4 is 5.32 Å². The van der Waals surface area contributed by atoms with Crippen LogP contribution in [0.1, 0.15) is 30.6 Å². The fraction of sp³-hybridized carbons (Fsp3) is 0.417. The van der Waals surface area contributed by atoms with E-state index in [1.807, 2.05) is 19.2 Å². The molecule has 0 saturated carbocycles. The third-order valence-electron chi connectivity index (χ3n) is 2.66. The van der Waals surface area contributed by atoms with E-state index in [1.165, 1.54) is 11.3 Å². The maximum atomic E-state index is 5.34. The normalized spacial score (nSPS) is 21.3. The second-order valence-electron chi connectivity index (χ2n) is 3.69. The number of nitrogens with one attached hydrogen (secondary N) is 1. The largest absolute Gasteiger partial charge is 0.295 e. The zero-order chi connectivity index (χ0) is 9.97. The van der Waals surface area contributed by atoms with Crippen molar-refractivity contribution in [2.24, 2.45) is 0 Å². The average Bonchev–Trinajstić information content (AvgIpc) is 2.62. The molecule has 0 fully saturated rings. The molecule has 0 amide bonds. The van der Waals surface area contributed by atoms with E-state index in [-0.39, 0.29) is 6.04 Å². The highest BCUT2D eigenvalue weighted by Crippen LogP contribution is 2.28. The molecule has 72 valence electrons. The van der Waals surface area contributed by atoms with Gasteiger partial charge < -0.3 is 0 Å². The van der Waals surface area contributed by atoms with E-state index in [9.17, 15) is 0 Å². The fourth-order valence-corrected chi connectivity index (χ4v) is 1.92. The Morgan fingerprint density at radius 1 is 1.71 bits per heavy atom. The zero-order valence-corrected chi connectivity index (χ0v) is 8.33. The van der Waals surface area contributed by atoms with Crippen LogP contribution >= 0.6 is 0 Å². The lowest BCUT2D eigenvalue weighted by Crippen LogP contribution is -2.28. The lowest BCUT2D eigenvalue weighted by molar-refractivity contribution is 0.500. The van der Waals surface area contributed by atoms with Gasteiger partial charge in [0.2, 0.25) is 0 Å². The van der Waals surface area contributed by atoms with Gasteiger partial charge >= 0.3 is 0 Å². The summed E-state index contributed by atoms with van der Waals surface area (Å²) in [5.74, 6) is 2.68. The van der Waals surface area contributed by atoms with Gasteiger partial charge in [0.15, 0.2) is 0 Å². The molecule has 0 saturated heterocycles. The summed E-state index contributed by atoms with van der Waals surface area (Å²) in [5.41, 5.74) is 2.53. The van der Waals surface area contributed by atoms with Gasteiger partial charge in [0.25, 0.3) is 0 Å². The highest BCUT2D eigenvalue weighted by Gasteiger charge is 2.23. The van der Waals surface area contributed by atoms with Crippen LogP contribution in [0, 0.1) is 12.3 Å². The van der Waals surface area contributed by atoms with Crippen molar-refractivity contribution in [1.82, 2.24) is 10.3 Å². The van der Waals surface area contributed by atoms with Crippen LogP contribution in [-0.2, 0) is 6.42 Å². The molecule has 2 unspecified atom stereocenters. The quantitative estimate of drug-likeness (QED) is 0.711. The van der Waals surface area contributed by atoms with E-state index in [0.717, 1.165) is 12.8 Å². The summed E-state index contributed by atoms with van der Waals surface area (Å²) in [6.45, 7) is 2.00. The first-order chi connectivity index (χ1) is 6.81. The number of aryl methyl sites for hydroxylation is 1. The Kier molecular flexibility index (Phi) is 2.51. The summed E-state index contributed by atoms with van der Waals surface area (Å²) >= 11 is 0. The van der Waals surface area contributed by atoms with Crippen LogP contribution in [-0.4, -0.2) is 11.0 Å². The Bertz CT molecular complexity index is 365. The number of rotatable bonds is 2. The summed E-state index contributed by atoms with van der Waals surface area (Å²) in [6.07, 6.45) is 9.40. The molecular weight excluding hydrogens is 172 g/mol. The van der Waals surface area contributed by atoms with Crippen LogP contribution in [0.5, 0.6) is 0 Å². The van der Waals surface area contributed by atoms with Gasteiger partial charge in [-0.15, -0.1) is 6.42 Å². The van der Waals surface area contributed by atoms with Gasteiger partial charge in [0.05, 0.1) is 17.8 Å². The van der Waals surface area contributed by atoms with E-state index >= 15 is 0 Å². The van der Waals surface area contributed by atoms with Crippen molar-refractivity contribution in [2.45, 2.75) is 31.8 Å². The second-order valence-corrected chi connectivity index (χ2v) is 3.69. The van der Waals surface area contributed by atoms with Crippen molar-refractivity contribution in [3.63, 3.8) is 0 Å². The van der Waals surface area contributed by atoms with Crippen molar-refractivity contribution in [1.29, 1.82) is 0 Å². The molecular formula is C12H14N2.